The molecule has 0 spiro atoms. The molecule has 2 fully saturated rings. The summed E-state index contributed by atoms with van der Waals surface area (Å²) < 4.78 is 14.4. The second kappa shape index (κ2) is 11.2. The number of aromatic nitrogens is 8. The monoisotopic (exact) mass is 674 g/mol. The molecule has 4 aromatic heterocycles. The molecule has 0 aliphatic carbocycles. The number of H-pyrrole nitrogens is 2. The SMILES string of the molecule is Cc1nc2c(ncn2[C@@H]2O[C@H](CI)C(O)[C@@H]2O)c(=O)[nH]1.Cc1nc2c(ncn2[C@@H]2O[C@H](CO)C(O)[C@@H]2O)c(=O)[nH]1. The van der Waals surface area contributed by atoms with Crippen molar-refractivity contribution in [3.8, 4) is 0 Å². The number of aryl methyl sites for hydroxylation is 2. The van der Waals surface area contributed by atoms with E-state index in [0.717, 1.165) is 0 Å². The summed E-state index contributed by atoms with van der Waals surface area (Å²) in [4.78, 5) is 44.9. The summed E-state index contributed by atoms with van der Waals surface area (Å²) in [6.45, 7) is 2.86. The molecular weight excluding hydrogens is 647 g/mol. The summed E-state index contributed by atoms with van der Waals surface area (Å²) in [7, 11) is 0. The van der Waals surface area contributed by atoms with Crippen LogP contribution >= 0.6 is 22.6 Å². The molecule has 2 aliphatic rings. The number of rotatable bonds is 4. The Balaban J connectivity index is 0.000000161. The van der Waals surface area contributed by atoms with Gasteiger partial charge < -0.3 is 45.0 Å². The fourth-order valence-corrected chi connectivity index (χ4v) is 5.37. The molecule has 0 radical (unpaired) electrons. The Morgan fingerprint density at radius 2 is 1.23 bits per heavy atom. The average molecular weight is 674 g/mol. The number of aliphatic hydroxyl groups excluding tert-OH is 5. The van der Waals surface area contributed by atoms with Gasteiger partial charge in [0.25, 0.3) is 11.1 Å². The summed E-state index contributed by atoms with van der Waals surface area (Å²) in [6.07, 6.45) is -4.94. The van der Waals surface area contributed by atoms with E-state index in [1.54, 1.807) is 13.8 Å². The molecule has 17 nitrogen and oxygen atoms in total. The molecule has 8 atom stereocenters. The van der Waals surface area contributed by atoms with Crippen molar-refractivity contribution in [3.63, 3.8) is 0 Å². The van der Waals surface area contributed by atoms with Gasteiger partial charge in [-0.2, -0.15) is 0 Å². The molecule has 6 rings (SSSR count). The van der Waals surface area contributed by atoms with Gasteiger partial charge in [0.2, 0.25) is 0 Å². The highest BCUT2D eigenvalue weighted by molar-refractivity contribution is 14.1. The smallest absolute Gasteiger partial charge is 0.279 e. The van der Waals surface area contributed by atoms with Gasteiger partial charge in [0.1, 0.15) is 42.2 Å². The number of aliphatic hydroxyl groups is 5. The predicted octanol–water partition coefficient (Wildman–Crippen LogP) is -2.48. The van der Waals surface area contributed by atoms with Crippen LogP contribution in [0.5, 0.6) is 0 Å². The third-order valence-electron chi connectivity index (χ3n) is 6.66. The van der Waals surface area contributed by atoms with Crippen molar-refractivity contribution >= 4 is 44.9 Å². The zero-order chi connectivity index (χ0) is 28.9. The molecule has 4 aromatic rings. The molecule has 216 valence electrons. The van der Waals surface area contributed by atoms with Gasteiger partial charge in [0.05, 0.1) is 25.4 Å². The van der Waals surface area contributed by atoms with Gasteiger partial charge in [-0.3, -0.25) is 18.7 Å². The van der Waals surface area contributed by atoms with Crippen LogP contribution in [0.15, 0.2) is 22.2 Å². The fraction of sp³-hybridized carbons (Fsp3) is 0.545. The van der Waals surface area contributed by atoms with Crippen LogP contribution in [0.2, 0.25) is 0 Å². The maximum absolute atomic E-state index is 11.8. The van der Waals surface area contributed by atoms with Crippen molar-refractivity contribution in [2.45, 2.75) is 62.9 Å². The molecular formula is C22H27IN8O9. The fourth-order valence-electron chi connectivity index (χ4n) is 4.64. The summed E-state index contributed by atoms with van der Waals surface area (Å²) >= 11 is 2.08. The Kier molecular flexibility index (Phi) is 8.03. The first-order valence-electron chi connectivity index (χ1n) is 12.1. The van der Waals surface area contributed by atoms with E-state index in [2.05, 4.69) is 52.5 Å². The van der Waals surface area contributed by atoms with E-state index in [9.17, 15) is 30.0 Å². The van der Waals surface area contributed by atoms with E-state index in [1.165, 1.54) is 21.8 Å². The van der Waals surface area contributed by atoms with E-state index >= 15 is 0 Å². The number of nitrogens with one attached hydrogen (secondary N) is 2. The van der Waals surface area contributed by atoms with Gasteiger partial charge >= 0.3 is 0 Å². The minimum absolute atomic E-state index is 0.119. The van der Waals surface area contributed by atoms with Gasteiger partial charge in [-0.15, -0.1) is 0 Å². The summed E-state index contributed by atoms with van der Waals surface area (Å²) in [5.74, 6) is 0.846. The van der Waals surface area contributed by atoms with Gasteiger partial charge in [-0.1, -0.05) is 22.6 Å². The van der Waals surface area contributed by atoms with Crippen molar-refractivity contribution in [2.24, 2.45) is 0 Å². The lowest BCUT2D eigenvalue weighted by Crippen LogP contribution is -2.33. The van der Waals surface area contributed by atoms with Crippen molar-refractivity contribution in [1.82, 2.24) is 39.0 Å². The topological polar surface area (TPSA) is 247 Å². The normalized spacial score (nSPS) is 30.2. The third-order valence-corrected chi connectivity index (χ3v) is 7.52. The highest BCUT2D eigenvalue weighted by Gasteiger charge is 2.45. The quantitative estimate of drug-likeness (QED) is 0.0877. The number of imidazole rings is 2. The molecule has 0 bridgehead atoms. The number of fused-ring (bicyclic) bond motifs is 2. The lowest BCUT2D eigenvalue weighted by molar-refractivity contribution is -0.0511. The number of ether oxygens (including phenoxy) is 2. The standard InChI is InChI=1S/C11H13IN4O4.C11H14N4O5/c1-4-14-9-6(10(19)15-4)13-3-16(9)11-8(18)7(17)5(2-12)20-11;1-4-13-9-6(10(19)14-4)12-3-15(9)11-8(18)7(17)5(2-16)20-11/h3,5,7-8,11,17-18H,2H2,1H3,(H,14,15,19);3,5,7-8,11,16-18H,2H2,1H3,(H,13,14,19)/t2*5-,7?,8+,11-/m11/s1. The van der Waals surface area contributed by atoms with Crippen molar-refractivity contribution in [3.05, 3.63) is 45.0 Å². The van der Waals surface area contributed by atoms with E-state index in [0.29, 0.717) is 21.7 Å². The molecule has 40 heavy (non-hydrogen) atoms. The van der Waals surface area contributed by atoms with Gasteiger partial charge in [0, 0.05) is 4.43 Å². The first-order chi connectivity index (χ1) is 19.0. The minimum Gasteiger partial charge on any atom is -0.394 e. The van der Waals surface area contributed by atoms with Gasteiger partial charge in [-0.05, 0) is 13.8 Å². The third kappa shape index (κ3) is 4.93. The largest absolute Gasteiger partial charge is 0.394 e. The minimum atomic E-state index is -1.24. The van der Waals surface area contributed by atoms with E-state index in [-0.39, 0.29) is 22.2 Å². The Labute approximate surface area is 237 Å². The Hall–Kier alpha value is -2.85. The van der Waals surface area contributed by atoms with Crippen LogP contribution < -0.4 is 11.1 Å². The molecule has 18 heteroatoms. The van der Waals surface area contributed by atoms with Crippen molar-refractivity contribution in [2.75, 3.05) is 11.0 Å². The Morgan fingerprint density at radius 3 is 1.60 bits per heavy atom. The second-order valence-corrected chi connectivity index (χ2v) is 10.3. The maximum Gasteiger partial charge on any atom is 0.279 e. The Bertz CT molecular complexity index is 1520. The second-order valence-electron chi connectivity index (χ2n) is 9.38. The van der Waals surface area contributed by atoms with Crippen LogP contribution in [0.3, 0.4) is 0 Å². The highest BCUT2D eigenvalue weighted by atomic mass is 127. The highest BCUT2D eigenvalue weighted by Crippen LogP contribution is 2.32. The number of hydrogen-bond donors (Lipinski definition) is 7. The summed E-state index contributed by atoms with van der Waals surface area (Å²) in [5, 5.41) is 48.8. The lowest BCUT2D eigenvalue weighted by atomic mass is 10.1. The number of halogens is 1. The van der Waals surface area contributed by atoms with E-state index in [1.807, 2.05) is 0 Å². The van der Waals surface area contributed by atoms with Crippen LogP contribution in [0.1, 0.15) is 24.1 Å². The van der Waals surface area contributed by atoms with Crippen LogP contribution in [0, 0.1) is 13.8 Å². The summed E-state index contributed by atoms with van der Waals surface area (Å²) in [5.41, 5.74) is 0.146. The summed E-state index contributed by atoms with van der Waals surface area (Å²) in [6, 6.07) is 0. The number of nitrogens with zero attached hydrogens (tertiary/aromatic N) is 6. The number of hydrogen-bond acceptors (Lipinski definition) is 13. The zero-order valence-corrected chi connectivity index (χ0v) is 23.3. The molecule has 2 saturated heterocycles. The Morgan fingerprint density at radius 1 is 0.800 bits per heavy atom. The predicted molar refractivity (Wildman–Crippen MR) is 144 cm³/mol. The average Bonchev–Trinajstić information content (AvgIpc) is 3.66. The van der Waals surface area contributed by atoms with Crippen LogP contribution in [-0.4, -0.2) is 112 Å². The van der Waals surface area contributed by atoms with E-state index in [4.69, 9.17) is 14.6 Å². The van der Waals surface area contributed by atoms with Gasteiger partial charge in [0.15, 0.2) is 34.8 Å². The molecule has 6 heterocycles. The van der Waals surface area contributed by atoms with Crippen LogP contribution in [0.4, 0.5) is 0 Å². The zero-order valence-electron chi connectivity index (χ0n) is 21.1. The first kappa shape index (κ1) is 28.7. The molecule has 0 amide bonds. The van der Waals surface area contributed by atoms with Crippen molar-refractivity contribution < 1.29 is 35.0 Å². The maximum atomic E-state index is 11.8. The molecule has 2 aliphatic heterocycles. The van der Waals surface area contributed by atoms with Crippen molar-refractivity contribution in [1.29, 1.82) is 0 Å². The number of alkyl halides is 1. The van der Waals surface area contributed by atoms with Gasteiger partial charge in [-0.25, -0.2) is 19.9 Å². The van der Waals surface area contributed by atoms with Crippen LogP contribution in [-0.2, 0) is 9.47 Å². The van der Waals surface area contributed by atoms with E-state index < -0.39 is 61.2 Å². The number of aromatic amines is 2. The molecule has 0 aromatic carbocycles. The van der Waals surface area contributed by atoms with Crippen LogP contribution in [0.25, 0.3) is 22.3 Å². The molecule has 0 saturated carbocycles. The first-order valence-corrected chi connectivity index (χ1v) is 13.6. The lowest BCUT2D eigenvalue weighted by Gasteiger charge is -2.16. The molecule has 7 N–H and O–H groups in total. The molecule has 2 unspecified atom stereocenters.